The van der Waals surface area contributed by atoms with Crippen molar-refractivity contribution >= 4 is 0 Å². The minimum atomic E-state index is -0.435. The fourth-order valence-electron chi connectivity index (χ4n) is 4.01. The molecule has 1 aromatic carbocycles. The second-order valence-electron chi connectivity index (χ2n) is 7.72. The number of ether oxygens (including phenoxy) is 1. The lowest BCUT2D eigenvalue weighted by Gasteiger charge is -2.22. The molecule has 0 spiro atoms. The predicted molar refractivity (Wildman–Crippen MR) is 119 cm³/mol. The van der Waals surface area contributed by atoms with E-state index in [1.807, 2.05) is 18.3 Å². The average Bonchev–Trinajstić information content (AvgIpc) is 3.35. The van der Waals surface area contributed by atoms with Crippen LogP contribution in [0.15, 0.2) is 61.1 Å². The standard InChI is InChI=1S/C24H23FN6O/c1-32-21-8-2-6-18(25)23(21)24-27-12-10-20(30-24)17-14-28-31(15-17)22-9-3-7-19(29-22)16-5-4-11-26-13-16/h2-3,6-10,12,14-16,26H,4-5,11,13H2,1H3. The molecule has 7 nitrogen and oxygen atoms in total. The second-order valence-corrected chi connectivity index (χ2v) is 7.72. The van der Waals surface area contributed by atoms with Crippen LogP contribution in [0.2, 0.25) is 0 Å². The summed E-state index contributed by atoms with van der Waals surface area (Å²) in [6, 6.07) is 12.4. The van der Waals surface area contributed by atoms with Gasteiger partial charge < -0.3 is 10.1 Å². The molecule has 0 aliphatic carbocycles. The number of hydrogen-bond donors (Lipinski definition) is 1. The van der Waals surface area contributed by atoms with Crippen LogP contribution in [0.4, 0.5) is 4.39 Å². The van der Waals surface area contributed by atoms with Gasteiger partial charge in [-0.05, 0) is 49.7 Å². The van der Waals surface area contributed by atoms with Crippen LogP contribution in [0.5, 0.6) is 5.75 Å². The Bertz CT molecular complexity index is 1230. The fraction of sp³-hybridized carbons (Fsp3) is 0.250. The number of methoxy groups -OCH3 is 1. The van der Waals surface area contributed by atoms with Crippen LogP contribution >= 0.6 is 0 Å². The Kier molecular flexibility index (Phi) is 5.60. The van der Waals surface area contributed by atoms with E-state index in [9.17, 15) is 4.39 Å². The molecule has 0 radical (unpaired) electrons. The quantitative estimate of drug-likeness (QED) is 0.516. The molecule has 1 atom stereocenters. The molecule has 1 aliphatic rings. The first-order chi connectivity index (χ1) is 15.7. The monoisotopic (exact) mass is 430 g/mol. The first-order valence-corrected chi connectivity index (χ1v) is 10.6. The Balaban J connectivity index is 1.46. The van der Waals surface area contributed by atoms with Crippen LogP contribution in [-0.2, 0) is 0 Å². The lowest BCUT2D eigenvalue weighted by molar-refractivity contribution is 0.413. The molecule has 0 amide bonds. The number of benzene rings is 1. The maximum absolute atomic E-state index is 14.5. The zero-order valence-electron chi connectivity index (χ0n) is 17.7. The number of piperidine rings is 1. The van der Waals surface area contributed by atoms with Gasteiger partial charge in [-0.15, -0.1) is 0 Å². The summed E-state index contributed by atoms with van der Waals surface area (Å²) < 4.78 is 21.5. The topological polar surface area (TPSA) is 77.8 Å². The molecule has 0 saturated carbocycles. The van der Waals surface area contributed by atoms with E-state index in [0.29, 0.717) is 17.4 Å². The van der Waals surface area contributed by atoms with Crippen molar-refractivity contribution in [2.45, 2.75) is 18.8 Å². The molecule has 4 heterocycles. The SMILES string of the molecule is COc1cccc(F)c1-c1nccc(-c2cnn(-c3cccc(C4CCCNC4)n3)c2)n1. The number of nitrogens with one attached hydrogen (secondary N) is 1. The van der Waals surface area contributed by atoms with Gasteiger partial charge in [0.1, 0.15) is 11.6 Å². The summed E-state index contributed by atoms with van der Waals surface area (Å²) in [7, 11) is 1.50. The van der Waals surface area contributed by atoms with Crippen molar-refractivity contribution in [3.63, 3.8) is 0 Å². The van der Waals surface area contributed by atoms with E-state index in [-0.39, 0.29) is 11.4 Å². The molecule has 1 aliphatic heterocycles. The fourth-order valence-corrected chi connectivity index (χ4v) is 4.01. The molecule has 1 saturated heterocycles. The third kappa shape index (κ3) is 3.97. The molecule has 1 fully saturated rings. The smallest absolute Gasteiger partial charge is 0.166 e. The van der Waals surface area contributed by atoms with E-state index in [1.54, 1.807) is 35.3 Å². The highest BCUT2D eigenvalue weighted by Crippen LogP contribution is 2.31. The van der Waals surface area contributed by atoms with Crippen LogP contribution in [0.3, 0.4) is 0 Å². The van der Waals surface area contributed by atoms with Crippen molar-refractivity contribution in [3.05, 3.63) is 72.6 Å². The molecule has 3 aromatic heterocycles. The number of aromatic nitrogens is 5. The Hall–Kier alpha value is -3.65. The zero-order valence-corrected chi connectivity index (χ0v) is 17.7. The lowest BCUT2D eigenvalue weighted by atomic mass is 9.96. The van der Waals surface area contributed by atoms with Crippen LogP contribution in [0.25, 0.3) is 28.5 Å². The summed E-state index contributed by atoms with van der Waals surface area (Å²) >= 11 is 0. The first kappa shape index (κ1) is 20.3. The number of rotatable bonds is 5. The molecular weight excluding hydrogens is 407 g/mol. The van der Waals surface area contributed by atoms with E-state index in [2.05, 4.69) is 26.4 Å². The first-order valence-electron chi connectivity index (χ1n) is 10.6. The highest BCUT2D eigenvalue weighted by atomic mass is 19.1. The number of nitrogens with zero attached hydrogens (tertiary/aromatic N) is 5. The van der Waals surface area contributed by atoms with Gasteiger partial charge in [-0.25, -0.2) is 24.0 Å². The highest BCUT2D eigenvalue weighted by molar-refractivity contribution is 5.68. The maximum atomic E-state index is 14.5. The van der Waals surface area contributed by atoms with Gasteiger partial charge in [-0.3, -0.25) is 0 Å². The summed E-state index contributed by atoms with van der Waals surface area (Å²) in [6.07, 6.45) is 7.50. The lowest BCUT2D eigenvalue weighted by Crippen LogP contribution is -2.28. The second kappa shape index (κ2) is 8.84. The summed E-state index contributed by atoms with van der Waals surface area (Å²) in [5.74, 6) is 1.38. The van der Waals surface area contributed by atoms with Crippen molar-refractivity contribution in [1.82, 2.24) is 30.0 Å². The molecule has 0 bridgehead atoms. The normalized spacial score (nSPS) is 16.1. The van der Waals surface area contributed by atoms with Crippen LogP contribution in [0.1, 0.15) is 24.5 Å². The largest absolute Gasteiger partial charge is 0.496 e. The van der Waals surface area contributed by atoms with E-state index in [1.165, 1.54) is 13.2 Å². The van der Waals surface area contributed by atoms with E-state index in [4.69, 9.17) is 9.72 Å². The molecule has 5 rings (SSSR count). The van der Waals surface area contributed by atoms with Gasteiger partial charge in [-0.2, -0.15) is 5.10 Å². The van der Waals surface area contributed by atoms with E-state index >= 15 is 0 Å². The Labute approximate surface area is 185 Å². The molecule has 32 heavy (non-hydrogen) atoms. The predicted octanol–water partition coefficient (Wildman–Crippen LogP) is 4.01. The van der Waals surface area contributed by atoms with Gasteiger partial charge >= 0.3 is 0 Å². The maximum Gasteiger partial charge on any atom is 0.166 e. The van der Waals surface area contributed by atoms with Gasteiger partial charge in [0.25, 0.3) is 0 Å². The minimum absolute atomic E-state index is 0.236. The summed E-state index contributed by atoms with van der Waals surface area (Å²) in [6.45, 7) is 2.02. The van der Waals surface area contributed by atoms with E-state index < -0.39 is 5.82 Å². The Morgan fingerprint density at radius 1 is 1.12 bits per heavy atom. The van der Waals surface area contributed by atoms with Crippen LogP contribution < -0.4 is 10.1 Å². The Morgan fingerprint density at radius 2 is 2.03 bits per heavy atom. The van der Waals surface area contributed by atoms with Gasteiger partial charge in [0, 0.05) is 36.1 Å². The number of halogens is 1. The van der Waals surface area contributed by atoms with Crippen LogP contribution in [-0.4, -0.2) is 44.9 Å². The van der Waals surface area contributed by atoms with Gasteiger partial charge in [0.05, 0.1) is 24.6 Å². The molecule has 1 N–H and O–H groups in total. The molecule has 4 aromatic rings. The average molecular weight is 430 g/mol. The van der Waals surface area contributed by atoms with Gasteiger partial charge in [-0.1, -0.05) is 12.1 Å². The van der Waals surface area contributed by atoms with Crippen LogP contribution in [0, 0.1) is 5.82 Å². The summed E-state index contributed by atoms with van der Waals surface area (Å²) in [4.78, 5) is 13.7. The highest BCUT2D eigenvalue weighted by Gasteiger charge is 2.18. The van der Waals surface area contributed by atoms with Crippen molar-refractivity contribution in [2.75, 3.05) is 20.2 Å². The van der Waals surface area contributed by atoms with Crippen molar-refractivity contribution in [3.8, 4) is 34.2 Å². The third-order valence-corrected chi connectivity index (χ3v) is 5.66. The van der Waals surface area contributed by atoms with Gasteiger partial charge in [0.15, 0.2) is 11.6 Å². The summed E-state index contributed by atoms with van der Waals surface area (Å²) in [5.41, 5.74) is 2.73. The van der Waals surface area contributed by atoms with E-state index in [0.717, 1.165) is 43.0 Å². The minimum Gasteiger partial charge on any atom is -0.496 e. The van der Waals surface area contributed by atoms with Crippen molar-refractivity contribution in [2.24, 2.45) is 0 Å². The van der Waals surface area contributed by atoms with Crippen molar-refractivity contribution in [1.29, 1.82) is 0 Å². The van der Waals surface area contributed by atoms with Gasteiger partial charge in [0.2, 0.25) is 0 Å². The third-order valence-electron chi connectivity index (χ3n) is 5.66. The molecule has 8 heteroatoms. The molecular formula is C24H23FN6O. The molecule has 1 unspecified atom stereocenters. The summed E-state index contributed by atoms with van der Waals surface area (Å²) in [5, 5.41) is 7.92. The zero-order chi connectivity index (χ0) is 21.9. The Morgan fingerprint density at radius 3 is 2.88 bits per heavy atom. The number of pyridine rings is 1. The van der Waals surface area contributed by atoms with Crippen molar-refractivity contribution < 1.29 is 9.13 Å². The molecule has 162 valence electrons. The number of hydrogen-bond acceptors (Lipinski definition) is 6.